The Kier molecular flexibility index (Phi) is 21.8. The third-order valence-electron chi connectivity index (χ3n) is 12.2. The van der Waals surface area contributed by atoms with E-state index >= 15 is 0 Å². The highest BCUT2D eigenvalue weighted by Crippen LogP contribution is 2.46. The quantitative estimate of drug-likeness (QED) is 0.0264. The van der Waals surface area contributed by atoms with Crippen LogP contribution in [0.25, 0.3) is 66.6 Å². The first kappa shape index (κ1) is 66.2. The number of alkyl carbamates (subject to hydrolysis) is 2. The number of hydrogen-bond acceptors (Lipinski definition) is 11. The molecule has 0 aliphatic heterocycles. The Balaban J connectivity index is 0.000000235. The average molecular weight is 1270 g/mol. The summed E-state index contributed by atoms with van der Waals surface area (Å²) in [6.45, 7) is 13.3. The predicted octanol–water partition coefficient (Wildman–Crippen LogP) is 14.3. The molecule has 0 bridgehead atoms. The van der Waals surface area contributed by atoms with Gasteiger partial charge in [-0.05, 0) is 185 Å². The zero-order valence-corrected chi connectivity index (χ0v) is 51.0. The van der Waals surface area contributed by atoms with Crippen LogP contribution in [0.3, 0.4) is 0 Å². The highest BCUT2D eigenvalue weighted by atomic mass is 79.9. The van der Waals surface area contributed by atoms with Gasteiger partial charge in [-0.25, -0.2) is 18.4 Å². The van der Waals surface area contributed by atoms with Gasteiger partial charge < -0.3 is 44.1 Å². The second-order valence-corrected chi connectivity index (χ2v) is 23.3. The largest absolute Gasteiger partial charge is 0.534 e. The molecule has 4 aromatic heterocycles. The number of aryl methyl sites for hydroxylation is 2. The van der Waals surface area contributed by atoms with E-state index in [1.165, 1.54) is 31.2 Å². The number of nitrogens with one attached hydrogen (secondary N) is 4. The molecule has 0 saturated carbocycles. The summed E-state index contributed by atoms with van der Waals surface area (Å²) in [6, 6.07) is 28.1. The number of halogens is 6. The van der Waals surface area contributed by atoms with Crippen molar-refractivity contribution in [1.82, 2.24) is 29.7 Å². The van der Waals surface area contributed by atoms with Crippen LogP contribution in [0.2, 0.25) is 0 Å². The number of aromatic nitrogens is 4. The Morgan fingerprint density at radius 3 is 1.40 bits per heavy atom. The van der Waals surface area contributed by atoms with Gasteiger partial charge in [0, 0.05) is 72.0 Å². The molecule has 0 atom stereocenters. The van der Waals surface area contributed by atoms with E-state index in [4.69, 9.17) is 9.47 Å². The minimum atomic E-state index is -5.45. The molecule has 0 fully saturated rings. The van der Waals surface area contributed by atoms with E-state index in [0.29, 0.717) is 28.5 Å². The number of allylic oxidation sites excluding steroid dienone is 3. The monoisotopic (exact) mass is 1270 g/mol. The van der Waals surface area contributed by atoms with Crippen LogP contribution in [0.1, 0.15) is 61.0 Å². The molecule has 4 N–H and O–H groups in total. The van der Waals surface area contributed by atoms with Crippen LogP contribution >= 0.6 is 15.9 Å². The molecular formula is C62H64BrF5N8O9S. The van der Waals surface area contributed by atoms with E-state index in [1.807, 2.05) is 80.2 Å². The summed E-state index contributed by atoms with van der Waals surface area (Å²) in [5.41, 5.74) is 4.65. The van der Waals surface area contributed by atoms with Crippen molar-refractivity contribution in [2.75, 3.05) is 23.7 Å². The van der Waals surface area contributed by atoms with Crippen LogP contribution < -0.4 is 21.3 Å². The standard InChI is InChI=1S/C31H33FN4O3.C27H26BrFN4O3.C4H5F3O3S/c1-6-7-8-23-25(35-26(37)19-34-30(38)39-31(2,3)4)14-13-24-27(20-15-17-33-18-16-20)28(36(5)29(23)24)21-9-11-22(32)12-10-21;1-27(2,3)36-26(35)31-15-21(34)32-20-10-9-19-22(16-11-13-30-14-12-16)24(33(4)25(19)23(20)28)17-5-7-18(29)8-6-17;1-2-3-10-11(8,9)4(5,6)7/h6-7,9-18H,8,19H2,1-5H3,(H,34,38)(H,35,37);5-14H,15H2,1-4H3,(H,31,35)(H,32,34);2-3H,1H3/b7-6+;;3-2+. The second kappa shape index (κ2) is 28.3. The SMILES string of the molecule is C/C=C/Cc1c(NC(=O)CNC(=O)OC(C)(C)C)ccc2c(-c3ccncc3)c(-c3ccc(F)cc3)n(C)c12.C/C=C/OS(=O)(=O)C(F)(F)F.Cn1c(-c2ccc(F)cc2)c(-c2ccncc2)c2ccc(NC(=O)CNC(=O)OC(C)(C)C)c(Br)c21. The van der Waals surface area contributed by atoms with E-state index in [1.54, 1.807) is 96.7 Å². The van der Waals surface area contributed by atoms with Gasteiger partial charge >= 0.3 is 27.8 Å². The minimum Gasteiger partial charge on any atom is -0.444 e. The highest BCUT2D eigenvalue weighted by Gasteiger charge is 2.47. The number of nitrogens with zero attached hydrogens (tertiary/aromatic N) is 4. The minimum absolute atomic E-state index is 0.230. The first-order valence-electron chi connectivity index (χ1n) is 26.5. The van der Waals surface area contributed by atoms with Crippen molar-refractivity contribution in [3.8, 4) is 44.8 Å². The number of pyridine rings is 2. The normalized spacial score (nSPS) is 11.8. The van der Waals surface area contributed by atoms with Crippen molar-refractivity contribution in [2.45, 2.75) is 78.5 Å². The maximum absolute atomic E-state index is 13.8. The first-order chi connectivity index (χ1) is 40.4. The summed E-state index contributed by atoms with van der Waals surface area (Å²) in [7, 11) is -1.55. The third kappa shape index (κ3) is 17.1. The fourth-order valence-corrected chi connectivity index (χ4v) is 9.88. The molecule has 0 spiro atoms. The van der Waals surface area contributed by atoms with Crippen molar-refractivity contribution in [3.63, 3.8) is 0 Å². The van der Waals surface area contributed by atoms with Gasteiger partial charge in [-0.2, -0.15) is 21.6 Å². The molecule has 4 amide bonds. The molecule has 454 valence electrons. The number of alkyl halides is 3. The van der Waals surface area contributed by atoms with Crippen molar-refractivity contribution >= 4 is 83.2 Å². The number of benzene rings is 4. The molecule has 24 heteroatoms. The molecule has 8 rings (SSSR count). The summed E-state index contributed by atoms with van der Waals surface area (Å²) in [5.74, 6) is -1.39. The lowest BCUT2D eigenvalue weighted by Gasteiger charge is -2.19. The Morgan fingerprint density at radius 2 is 0.988 bits per heavy atom. The second-order valence-electron chi connectivity index (χ2n) is 20.9. The zero-order valence-electron chi connectivity index (χ0n) is 48.6. The van der Waals surface area contributed by atoms with Gasteiger partial charge in [0.15, 0.2) is 0 Å². The Hall–Kier alpha value is -8.90. The maximum Gasteiger partial charge on any atom is 0.534 e. The number of carbonyl (C=O) groups is 4. The summed E-state index contributed by atoms with van der Waals surface area (Å²) >= 11 is 3.67. The molecule has 0 saturated heterocycles. The number of fused-ring (bicyclic) bond motifs is 2. The molecule has 86 heavy (non-hydrogen) atoms. The number of carbonyl (C=O) groups excluding carboxylic acids is 4. The summed E-state index contributed by atoms with van der Waals surface area (Å²) in [6.07, 6.45) is 11.7. The molecular weight excluding hydrogens is 1210 g/mol. The van der Waals surface area contributed by atoms with Crippen molar-refractivity contribution < 1.29 is 63.2 Å². The average Bonchev–Trinajstić information content (AvgIpc) is 1.69. The van der Waals surface area contributed by atoms with Gasteiger partial charge in [-0.3, -0.25) is 19.6 Å². The van der Waals surface area contributed by atoms with Gasteiger partial charge in [0.1, 0.15) is 42.2 Å². The van der Waals surface area contributed by atoms with Gasteiger partial charge in [-0.15, -0.1) is 0 Å². The van der Waals surface area contributed by atoms with Crippen LogP contribution in [0.4, 0.5) is 42.9 Å². The lowest BCUT2D eigenvalue weighted by Crippen LogP contribution is -2.37. The number of amides is 4. The Labute approximate surface area is 502 Å². The Morgan fingerprint density at radius 1 is 0.581 bits per heavy atom. The Bertz CT molecular complexity index is 3900. The van der Waals surface area contributed by atoms with Crippen molar-refractivity contribution in [1.29, 1.82) is 0 Å². The molecule has 0 aliphatic rings. The van der Waals surface area contributed by atoms with Crippen molar-refractivity contribution in [3.05, 3.63) is 168 Å². The van der Waals surface area contributed by atoms with Crippen LogP contribution in [0.15, 0.2) is 151 Å². The first-order valence-corrected chi connectivity index (χ1v) is 28.7. The van der Waals surface area contributed by atoms with Gasteiger partial charge in [0.2, 0.25) is 11.8 Å². The molecule has 0 unspecified atom stereocenters. The third-order valence-corrected chi connectivity index (χ3v) is 14.0. The molecule has 0 radical (unpaired) electrons. The molecule has 0 aliphatic carbocycles. The number of hydrogen-bond donors (Lipinski definition) is 4. The predicted molar refractivity (Wildman–Crippen MR) is 326 cm³/mol. The fraction of sp³-hybridized carbons (Fsp3) is 0.258. The molecule has 8 aromatic rings. The molecule has 4 heterocycles. The van der Waals surface area contributed by atoms with Gasteiger partial charge in [-0.1, -0.05) is 30.4 Å². The number of anilines is 2. The summed E-state index contributed by atoms with van der Waals surface area (Å²) < 4.78 is 100. The topological polar surface area (TPSA) is 214 Å². The van der Waals surface area contributed by atoms with E-state index in [2.05, 4.69) is 55.9 Å². The van der Waals surface area contributed by atoms with E-state index in [0.717, 1.165) is 78.2 Å². The van der Waals surface area contributed by atoms with E-state index in [9.17, 15) is 49.5 Å². The lowest BCUT2D eigenvalue weighted by molar-refractivity contribution is -0.116. The van der Waals surface area contributed by atoms with Gasteiger partial charge in [0.25, 0.3) is 0 Å². The summed E-state index contributed by atoms with van der Waals surface area (Å²) in [5, 5.41) is 12.7. The van der Waals surface area contributed by atoms with E-state index < -0.39 is 44.9 Å². The van der Waals surface area contributed by atoms with Crippen molar-refractivity contribution in [2.24, 2.45) is 14.1 Å². The number of ether oxygens (including phenoxy) is 2. The molecule has 4 aromatic carbocycles. The molecule has 17 nitrogen and oxygen atoms in total. The number of rotatable bonds is 14. The van der Waals surface area contributed by atoms with Crippen LogP contribution in [0.5, 0.6) is 0 Å². The van der Waals surface area contributed by atoms with E-state index in [-0.39, 0.29) is 30.6 Å². The smallest absolute Gasteiger partial charge is 0.444 e. The summed E-state index contributed by atoms with van der Waals surface area (Å²) in [4.78, 5) is 57.6. The highest BCUT2D eigenvalue weighted by molar-refractivity contribution is 9.10. The van der Waals surface area contributed by atoms with Crippen LogP contribution in [0, 0.1) is 11.6 Å². The fourth-order valence-electron chi connectivity index (χ4n) is 8.80. The zero-order chi connectivity index (χ0) is 63.3. The van der Waals surface area contributed by atoms with Gasteiger partial charge in [0.05, 0.1) is 32.6 Å². The lowest BCUT2D eigenvalue weighted by atomic mass is 9.97. The van der Waals surface area contributed by atoms with Crippen LogP contribution in [-0.2, 0) is 53.9 Å². The van der Waals surface area contributed by atoms with Crippen LogP contribution in [-0.4, -0.2) is 81.3 Å². The maximum atomic E-state index is 13.8.